The van der Waals surface area contributed by atoms with E-state index in [0.29, 0.717) is 25.4 Å². The van der Waals surface area contributed by atoms with E-state index in [9.17, 15) is 4.79 Å². The van der Waals surface area contributed by atoms with E-state index in [-0.39, 0.29) is 5.56 Å². The van der Waals surface area contributed by atoms with Crippen LogP contribution in [0.5, 0.6) is 5.75 Å². The molecule has 2 N–H and O–H groups in total. The molecule has 21 heavy (non-hydrogen) atoms. The molecule has 1 aromatic heterocycles. The third-order valence-corrected chi connectivity index (χ3v) is 2.95. The monoisotopic (exact) mass is 290 g/mol. The number of hydrogen-bond acceptors (Lipinski definition) is 5. The summed E-state index contributed by atoms with van der Waals surface area (Å²) < 4.78 is 7.47. The van der Waals surface area contributed by atoms with Crippen LogP contribution in [0.4, 0.5) is 0 Å². The van der Waals surface area contributed by atoms with Gasteiger partial charge in [0.25, 0.3) is 0 Å². The molecule has 7 nitrogen and oxygen atoms in total. The van der Waals surface area contributed by atoms with Gasteiger partial charge in [0.2, 0.25) is 0 Å². The molecule has 0 amide bonds. The molecule has 0 saturated heterocycles. The molecule has 0 atom stereocenters. The van der Waals surface area contributed by atoms with Gasteiger partial charge in [0.05, 0.1) is 12.1 Å². The third kappa shape index (κ3) is 4.28. The van der Waals surface area contributed by atoms with Crippen molar-refractivity contribution in [1.29, 1.82) is 0 Å². The first kappa shape index (κ1) is 15.0. The lowest BCUT2D eigenvalue weighted by Gasteiger charge is -2.08. The number of carboxylic acid groups (broad SMARTS) is 1. The second-order valence-electron chi connectivity index (χ2n) is 4.39. The Morgan fingerprint density at radius 2 is 2.33 bits per heavy atom. The number of carboxylic acids is 1. The molecule has 0 saturated carbocycles. The van der Waals surface area contributed by atoms with Crippen LogP contribution in [0.1, 0.15) is 23.1 Å². The van der Waals surface area contributed by atoms with E-state index in [0.717, 1.165) is 12.4 Å². The minimum Gasteiger partial charge on any atom is -0.492 e. The van der Waals surface area contributed by atoms with Crippen LogP contribution in [-0.4, -0.2) is 39.0 Å². The van der Waals surface area contributed by atoms with Crippen LogP contribution in [0, 0.1) is 0 Å². The molecular weight excluding hydrogens is 272 g/mol. The molecule has 7 heteroatoms. The fourth-order valence-corrected chi connectivity index (χ4v) is 1.84. The van der Waals surface area contributed by atoms with E-state index in [1.165, 1.54) is 12.1 Å². The maximum atomic E-state index is 10.8. The summed E-state index contributed by atoms with van der Waals surface area (Å²) in [4.78, 5) is 10.8. The number of aromatic carboxylic acids is 1. The Morgan fingerprint density at radius 1 is 1.48 bits per heavy atom. The van der Waals surface area contributed by atoms with E-state index >= 15 is 0 Å². The molecule has 0 aliphatic carbocycles. The topological polar surface area (TPSA) is 89.3 Å². The highest BCUT2D eigenvalue weighted by molar-refractivity contribution is 5.87. The highest BCUT2D eigenvalue weighted by Gasteiger charge is 2.04. The zero-order valence-electron chi connectivity index (χ0n) is 11.8. The molecule has 0 radical (unpaired) electrons. The fourth-order valence-electron chi connectivity index (χ4n) is 1.84. The molecule has 2 aromatic rings. The third-order valence-electron chi connectivity index (χ3n) is 2.95. The number of benzene rings is 1. The fraction of sp³-hybridized carbons (Fsp3) is 0.357. The molecule has 0 fully saturated rings. The minimum absolute atomic E-state index is 0.219. The highest BCUT2D eigenvalue weighted by atomic mass is 16.5. The summed E-state index contributed by atoms with van der Waals surface area (Å²) in [5.41, 5.74) is 0.219. The summed E-state index contributed by atoms with van der Waals surface area (Å²) in [5.74, 6) is 0.469. The molecule has 0 spiro atoms. The lowest BCUT2D eigenvalue weighted by molar-refractivity contribution is 0.0696. The zero-order valence-corrected chi connectivity index (χ0v) is 11.8. The van der Waals surface area contributed by atoms with Crippen LogP contribution in [-0.2, 0) is 13.1 Å². The highest BCUT2D eigenvalue weighted by Crippen LogP contribution is 2.12. The first-order valence-electron chi connectivity index (χ1n) is 6.74. The summed E-state index contributed by atoms with van der Waals surface area (Å²) in [7, 11) is 0. The Labute approximate surface area is 122 Å². The van der Waals surface area contributed by atoms with Crippen molar-refractivity contribution >= 4 is 5.97 Å². The SMILES string of the molecule is CCn1cnnc1CNCCOc1cccc(C(=O)O)c1. The van der Waals surface area contributed by atoms with Crippen LogP contribution in [0.15, 0.2) is 30.6 Å². The normalized spacial score (nSPS) is 10.5. The Balaban J connectivity index is 1.72. The van der Waals surface area contributed by atoms with Gasteiger partial charge in [-0.15, -0.1) is 10.2 Å². The van der Waals surface area contributed by atoms with E-state index in [2.05, 4.69) is 15.5 Å². The van der Waals surface area contributed by atoms with Gasteiger partial charge < -0.3 is 19.7 Å². The molecule has 0 unspecified atom stereocenters. The van der Waals surface area contributed by atoms with Gasteiger partial charge in [0.1, 0.15) is 24.5 Å². The summed E-state index contributed by atoms with van der Waals surface area (Å²) in [5, 5.41) is 20.0. The van der Waals surface area contributed by atoms with Crippen molar-refractivity contribution in [2.75, 3.05) is 13.2 Å². The molecule has 0 bridgehead atoms. The molecule has 1 aromatic carbocycles. The second kappa shape index (κ2) is 7.39. The van der Waals surface area contributed by atoms with E-state index in [1.807, 2.05) is 11.5 Å². The predicted octanol–water partition coefficient (Wildman–Crippen LogP) is 1.16. The predicted molar refractivity (Wildman–Crippen MR) is 76.3 cm³/mol. The largest absolute Gasteiger partial charge is 0.492 e. The number of nitrogens with zero attached hydrogens (tertiary/aromatic N) is 3. The first-order valence-corrected chi connectivity index (χ1v) is 6.74. The Hall–Kier alpha value is -2.41. The standard InChI is InChI=1S/C14H18N4O3/c1-2-18-10-16-17-13(18)9-15-6-7-21-12-5-3-4-11(8-12)14(19)20/h3-5,8,10,15H,2,6-7,9H2,1H3,(H,19,20). The van der Waals surface area contributed by atoms with Crippen molar-refractivity contribution in [3.63, 3.8) is 0 Å². The summed E-state index contributed by atoms with van der Waals surface area (Å²) in [6.45, 7) is 4.57. The number of aryl methyl sites for hydroxylation is 1. The molecule has 112 valence electrons. The molecule has 0 aliphatic rings. The van der Waals surface area contributed by atoms with Crippen molar-refractivity contribution < 1.29 is 14.6 Å². The van der Waals surface area contributed by atoms with Gasteiger partial charge in [0, 0.05) is 13.1 Å². The van der Waals surface area contributed by atoms with Crippen molar-refractivity contribution in [2.24, 2.45) is 0 Å². The van der Waals surface area contributed by atoms with Crippen LogP contribution in [0.3, 0.4) is 0 Å². The lowest BCUT2D eigenvalue weighted by Crippen LogP contribution is -2.22. The quantitative estimate of drug-likeness (QED) is 0.709. The van der Waals surface area contributed by atoms with E-state index < -0.39 is 5.97 Å². The second-order valence-corrected chi connectivity index (χ2v) is 4.39. The van der Waals surface area contributed by atoms with Gasteiger partial charge >= 0.3 is 5.97 Å². The molecule has 1 heterocycles. The van der Waals surface area contributed by atoms with Crippen molar-refractivity contribution in [3.05, 3.63) is 42.0 Å². The van der Waals surface area contributed by atoms with Gasteiger partial charge in [-0.25, -0.2) is 4.79 Å². The minimum atomic E-state index is -0.961. The summed E-state index contributed by atoms with van der Waals surface area (Å²) >= 11 is 0. The first-order chi connectivity index (χ1) is 10.2. The lowest BCUT2D eigenvalue weighted by atomic mass is 10.2. The average Bonchev–Trinajstić information content (AvgIpc) is 2.94. The molecular formula is C14H18N4O3. The van der Waals surface area contributed by atoms with Gasteiger partial charge in [-0.3, -0.25) is 0 Å². The van der Waals surface area contributed by atoms with Crippen molar-refractivity contribution in [2.45, 2.75) is 20.0 Å². The van der Waals surface area contributed by atoms with Crippen LogP contribution < -0.4 is 10.1 Å². The Bertz CT molecular complexity index is 597. The number of ether oxygens (including phenoxy) is 1. The van der Waals surface area contributed by atoms with Crippen LogP contribution in [0.25, 0.3) is 0 Å². The van der Waals surface area contributed by atoms with E-state index in [1.54, 1.807) is 18.5 Å². The summed E-state index contributed by atoms with van der Waals surface area (Å²) in [6.07, 6.45) is 1.70. The Morgan fingerprint density at radius 3 is 3.10 bits per heavy atom. The van der Waals surface area contributed by atoms with E-state index in [4.69, 9.17) is 9.84 Å². The number of nitrogens with one attached hydrogen (secondary N) is 1. The van der Waals surface area contributed by atoms with Crippen molar-refractivity contribution in [1.82, 2.24) is 20.1 Å². The van der Waals surface area contributed by atoms with Gasteiger partial charge in [0.15, 0.2) is 0 Å². The summed E-state index contributed by atoms with van der Waals surface area (Å²) in [6, 6.07) is 6.44. The smallest absolute Gasteiger partial charge is 0.335 e. The Kier molecular flexibility index (Phi) is 5.28. The van der Waals surface area contributed by atoms with Gasteiger partial charge in [-0.1, -0.05) is 6.07 Å². The average molecular weight is 290 g/mol. The van der Waals surface area contributed by atoms with Crippen LogP contribution >= 0.6 is 0 Å². The zero-order chi connectivity index (χ0) is 15.1. The maximum absolute atomic E-state index is 10.8. The van der Waals surface area contributed by atoms with Crippen LogP contribution in [0.2, 0.25) is 0 Å². The molecule has 0 aliphatic heterocycles. The number of carbonyl (C=O) groups is 1. The van der Waals surface area contributed by atoms with Crippen molar-refractivity contribution in [3.8, 4) is 5.75 Å². The van der Waals surface area contributed by atoms with Gasteiger partial charge in [-0.05, 0) is 25.1 Å². The van der Waals surface area contributed by atoms with Gasteiger partial charge in [-0.2, -0.15) is 0 Å². The number of hydrogen-bond donors (Lipinski definition) is 2. The molecule has 2 rings (SSSR count). The maximum Gasteiger partial charge on any atom is 0.335 e. The number of rotatable bonds is 8. The number of aromatic nitrogens is 3.